The summed E-state index contributed by atoms with van der Waals surface area (Å²) in [6.45, 7) is 0.508. The summed E-state index contributed by atoms with van der Waals surface area (Å²) >= 11 is 0. The van der Waals surface area contributed by atoms with Crippen LogP contribution in [0.15, 0.2) is 24.7 Å². The summed E-state index contributed by atoms with van der Waals surface area (Å²) in [5.74, 6) is -0.673. The molecule has 0 aliphatic carbocycles. The van der Waals surface area contributed by atoms with Crippen LogP contribution in [0.5, 0.6) is 0 Å². The number of hydrogen-bond acceptors (Lipinski definition) is 5. The summed E-state index contributed by atoms with van der Waals surface area (Å²) in [5, 5.41) is 15.8. The van der Waals surface area contributed by atoms with Crippen molar-refractivity contribution in [3.63, 3.8) is 0 Å². The van der Waals surface area contributed by atoms with Crippen molar-refractivity contribution in [2.24, 2.45) is 7.05 Å². The average molecular weight is 233 g/mol. The number of nitrogens with zero attached hydrogens (tertiary/aromatic N) is 4. The molecule has 0 saturated heterocycles. The Hall–Kier alpha value is -2.44. The van der Waals surface area contributed by atoms with Crippen molar-refractivity contribution >= 4 is 11.8 Å². The van der Waals surface area contributed by atoms with E-state index in [4.69, 9.17) is 5.11 Å². The van der Waals surface area contributed by atoms with Gasteiger partial charge in [0.2, 0.25) is 0 Å². The molecule has 0 radical (unpaired) electrons. The molecule has 2 N–H and O–H groups in total. The van der Waals surface area contributed by atoms with Gasteiger partial charge in [0.15, 0.2) is 5.69 Å². The number of hydrogen-bond donors (Lipinski definition) is 2. The van der Waals surface area contributed by atoms with E-state index in [2.05, 4.69) is 20.4 Å². The van der Waals surface area contributed by atoms with Crippen LogP contribution in [0.4, 0.5) is 5.82 Å². The maximum Gasteiger partial charge on any atom is 0.356 e. The smallest absolute Gasteiger partial charge is 0.356 e. The van der Waals surface area contributed by atoms with Crippen LogP contribution in [0.25, 0.3) is 0 Å². The van der Waals surface area contributed by atoms with Gasteiger partial charge in [0.05, 0.1) is 24.6 Å². The summed E-state index contributed by atoms with van der Waals surface area (Å²) < 4.78 is 1.72. The van der Waals surface area contributed by atoms with Gasteiger partial charge in [-0.3, -0.25) is 9.67 Å². The fraction of sp³-hybridized carbons (Fsp3) is 0.200. The number of carbonyl (C=O) groups is 1. The maximum atomic E-state index is 10.7. The van der Waals surface area contributed by atoms with Crippen molar-refractivity contribution in [3.05, 3.63) is 36.0 Å². The minimum atomic E-state index is -1.10. The number of rotatable bonds is 4. The van der Waals surface area contributed by atoms with Crippen LogP contribution in [0, 0.1) is 0 Å². The third kappa shape index (κ3) is 2.57. The highest BCUT2D eigenvalue weighted by molar-refractivity contribution is 5.85. The Bertz CT molecular complexity index is 537. The van der Waals surface area contributed by atoms with Crippen LogP contribution in [0.2, 0.25) is 0 Å². The molecule has 2 heterocycles. The van der Waals surface area contributed by atoms with E-state index >= 15 is 0 Å². The van der Waals surface area contributed by atoms with Crippen molar-refractivity contribution in [2.75, 3.05) is 5.32 Å². The Balaban J connectivity index is 2.07. The quantitative estimate of drug-likeness (QED) is 0.799. The molecule has 0 bridgehead atoms. The third-order valence-corrected chi connectivity index (χ3v) is 2.23. The Morgan fingerprint density at radius 2 is 2.35 bits per heavy atom. The van der Waals surface area contributed by atoms with Crippen LogP contribution in [-0.4, -0.2) is 30.8 Å². The lowest BCUT2D eigenvalue weighted by Gasteiger charge is -2.05. The molecule has 7 nitrogen and oxygen atoms in total. The van der Waals surface area contributed by atoms with Gasteiger partial charge in [0.25, 0.3) is 0 Å². The Morgan fingerprint density at radius 1 is 1.53 bits per heavy atom. The molecule has 0 aromatic carbocycles. The molecule has 0 amide bonds. The first kappa shape index (κ1) is 11.1. The Kier molecular flexibility index (Phi) is 2.99. The number of aromatic nitrogens is 4. The molecule has 0 atom stereocenters. The maximum absolute atomic E-state index is 10.7. The molecule has 88 valence electrons. The van der Waals surface area contributed by atoms with Crippen LogP contribution in [0.3, 0.4) is 0 Å². The second kappa shape index (κ2) is 4.60. The van der Waals surface area contributed by atoms with Crippen molar-refractivity contribution in [1.82, 2.24) is 19.7 Å². The minimum Gasteiger partial charge on any atom is -0.476 e. The lowest BCUT2D eigenvalue weighted by molar-refractivity contribution is 0.0690. The first-order chi connectivity index (χ1) is 8.16. The molecule has 0 saturated carbocycles. The number of anilines is 1. The van der Waals surface area contributed by atoms with Crippen molar-refractivity contribution in [3.8, 4) is 0 Å². The minimum absolute atomic E-state index is 0.0833. The normalized spacial score (nSPS) is 10.2. The first-order valence-electron chi connectivity index (χ1n) is 4.93. The molecule has 0 aliphatic heterocycles. The molecular formula is C10H11N5O2. The van der Waals surface area contributed by atoms with E-state index in [0.29, 0.717) is 12.4 Å². The molecule has 0 spiro atoms. The van der Waals surface area contributed by atoms with Gasteiger partial charge in [-0.25, -0.2) is 9.78 Å². The van der Waals surface area contributed by atoms with E-state index in [1.165, 1.54) is 12.4 Å². The van der Waals surface area contributed by atoms with Gasteiger partial charge in [-0.2, -0.15) is 5.10 Å². The fourth-order valence-electron chi connectivity index (χ4n) is 1.31. The summed E-state index contributed by atoms with van der Waals surface area (Å²) in [6.07, 6.45) is 4.37. The molecule has 2 aromatic heterocycles. The number of carboxylic acids is 1. The number of aromatic carboxylic acids is 1. The van der Waals surface area contributed by atoms with Gasteiger partial charge in [0.1, 0.15) is 5.82 Å². The lowest BCUT2D eigenvalue weighted by atomic mass is 10.4. The van der Waals surface area contributed by atoms with E-state index in [1.807, 2.05) is 13.1 Å². The van der Waals surface area contributed by atoms with Crippen molar-refractivity contribution < 1.29 is 9.90 Å². The van der Waals surface area contributed by atoms with E-state index in [-0.39, 0.29) is 5.69 Å². The van der Waals surface area contributed by atoms with E-state index in [1.54, 1.807) is 10.9 Å². The van der Waals surface area contributed by atoms with Gasteiger partial charge < -0.3 is 10.4 Å². The zero-order valence-electron chi connectivity index (χ0n) is 9.16. The highest BCUT2D eigenvalue weighted by Crippen LogP contribution is 2.05. The summed E-state index contributed by atoms with van der Waals surface area (Å²) in [6, 6.07) is 1.86. The van der Waals surface area contributed by atoms with Gasteiger partial charge >= 0.3 is 5.97 Å². The SMILES string of the molecule is Cn1nccc1CNc1cncc(C(=O)O)n1. The Labute approximate surface area is 97.1 Å². The highest BCUT2D eigenvalue weighted by atomic mass is 16.4. The van der Waals surface area contributed by atoms with Crippen LogP contribution < -0.4 is 5.32 Å². The summed E-state index contributed by atoms with van der Waals surface area (Å²) in [7, 11) is 1.83. The molecular weight excluding hydrogens is 222 g/mol. The highest BCUT2D eigenvalue weighted by Gasteiger charge is 2.06. The largest absolute Gasteiger partial charge is 0.476 e. The summed E-state index contributed by atoms with van der Waals surface area (Å²) in [4.78, 5) is 18.4. The number of carboxylic acid groups (broad SMARTS) is 1. The predicted molar refractivity (Wildman–Crippen MR) is 59.5 cm³/mol. The van der Waals surface area contributed by atoms with Gasteiger partial charge in [-0.1, -0.05) is 0 Å². The third-order valence-electron chi connectivity index (χ3n) is 2.23. The van der Waals surface area contributed by atoms with Gasteiger partial charge in [-0.15, -0.1) is 0 Å². The topological polar surface area (TPSA) is 92.9 Å². The monoisotopic (exact) mass is 233 g/mol. The fourth-order valence-corrected chi connectivity index (χ4v) is 1.31. The van der Waals surface area contributed by atoms with Crippen molar-refractivity contribution in [2.45, 2.75) is 6.54 Å². The van der Waals surface area contributed by atoms with Crippen LogP contribution in [-0.2, 0) is 13.6 Å². The molecule has 0 aliphatic rings. The van der Waals surface area contributed by atoms with Crippen LogP contribution in [0.1, 0.15) is 16.2 Å². The average Bonchev–Trinajstić information content (AvgIpc) is 2.72. The molecule has 0 unspecified atom stereocenters. The number of aryl methyl sites for hydroxylation is 1. The number of nitrogens with one attached hydrogen (secondary N) is 1. The van der Waals surface area contributed by atoms with Crippen molar-refractivity contribution in [1.29, 1.82) is 0 Å². The summed E-state index contributed by atoms with van der Waals surface area (Å²) in [5.41, 5.74) is 0.882. The Morgan fingerprint density at radius 3 is 3.00 bits per heavy atom. The second-order valence-corrected chi connectivity index (χ2v) is 3.39. The molecule has 0 fully saturated rings. The van der Waals surface area contributed by atoms with E-state index in [0.717, 1.165) is 5.69 Å². The lowest BCUT2D eigenvalue weighted by Crippen LogP contribution is -2.09. The molecule has 2 aromatic rings. The van der Waals surface area contributed by atoms with E-state index < -0.39 is 5.97 Å². The van der Waals surface area contributed by atoms with Crippen LogP contribution >= 0.6 is 0 Å². The molecule has 7 heteroatoms. The van der Waals surface area contributed by atoms with Gasteiger partial charge in [-0.05, 0) is 6.07 Å². The zero-order chi connectivity index (χ0) is 12.3. The standard InChI is InChI=1S/C10H11N5O2/c1-15-7(2-3-13-15)4-12-9-6-11-5-8(14-9)10(16)17/h2-3,5-6H,4H2,1H3,(H,12,14)(H,16,17). The molecule has 2 rings (SSSR count). The van der Waals surface area contributed by atoms with E-state index in [9.17, 15) is 4.79 Å². The zero-order valence-corrected chi connectivity index (χ0v) is 9.16. The van der Waals surface area contributed by atoms with Gasteiger partial charge in [0, 0.05) is 13.2 Å². The first-order valence-corrected chi connectivity index (χ1v) is 4.93. The second-order valence-electron chi connectivity index (χ2n) is 3.39. The molecule has 17 heavy (non-hydrogen) atoms. The predicted octanol–water partition coefficient (Wildman–Crippen LogP) is 0.520.